The molecule has 3 rings (SSSR count). The topological polar surface area (TPSA) is 114 Å². The van der Waals surface area contributed by atoms with E-state index < -0.39 is 6.10 Å². The number of aliphatic hydroxyl groups is 2. The van der Waals surface area contributed by atoms with Crippen LogP contribution in [0.2, 0.25) is 0 Å². The normalized spacial score (nSPS) is 12.7. The molecule has 0 spiro atoms. The molecule has 7 nitrogen and oxygen atoms in total. The molecule has 7 heteroatoms. The molecule has 2 amide bonds. The SMILES string of the molecule is C[C@@H](Cc1cccc(NC(=O)NCc2ccccc2)c1)NC[C@@H](O)c1ccc(O)c(CO)c1. The molecule has 0 unspecified atom stereocenters. The number of urea groups is 1. The third kappa shape index (κ3) is 7.61. The fourth-order valence-electron chi connectivity index (χ4n) is 3.53. The Morgan fingerprint density at radius 2 is 1.73 bits per heavy atom. The number of carbonyl (C=O) groups excluding carboxylic acids is 1. The number of anilines is 1. The summed E-state index contributed by atoms with van der Waals surface area (Å²) in [5.74, 6) is 0.0111. The number of nitrogens with one attached hydrogen (secondary N) is 3. The van der Waals surface area contributed by atoms with Gasteiger partial charge in [-0.2, -0.15) is 0 Å². The van der Waals surface area contributed by atoms with Gasteiger partial charge in [-0.15, -0.1) is 0 Å². The molecule has 0 radical (unpaired) electrons. The zero-order valence-corrected chi connectivity index (χ0v) is 18.7. The Bertz CT molecular complexity index is 1040. The van der Waals surface area contributed by atoms with Crippen LogP contribution in [0.25, 0.3) is 0 Å². The molecule has 33 heavy (non-hydrogen) atoms. The maximum atomic E-state index is 12.2. The average molecular weight is 450 g/mol. The Balaban J connectivity index is 1.47. The standard InChI is InChI=1S/C26H31N3O4/c1-18(27-16-25(32)21-10-11-24(31)22(14-21)17-30)12-20-8-5-9-23(13-20)29-26(33)28-15-19-6-3-2-4-7-19/h2-11,13-14,18,25,27,30-32H,12,15-17H2,1H3,(H2,28,29,33)/t18-,25+/m0/s1. The van der Waals surface area contributed by atoms with Crippen LogP contribution < -0.4 is 16.0 Å². The van der Waals surface area contributed by atoms with Crippen molar-refractivity contribution in [3.63, 3.8) is 0 Å². The summed E-state index contributed by atoms with van der Waals surface area (Å²) in [4.78, 5) is 12.2. The van der Waals surface area contributed by atoms with Gasteiger partial charge in [0.25, 0.3) is 0 Å². The van der Waals surface area contributed by atoms with E-state index in [1.54, 1.807) is 12.1 Å². The van der Waals surface area contributed by atoms with Gasteiger partial charge >= 0.3 is 6.03 Å². The lowest BCUT2D eigenvalue weighted by Crippen LogP contribution is -2.32. The van der Waals surface area contributed by atoms with Gasteiger partial charge in [-0.3, -0.25) is 0 Å². The van der Waals surface area contributed by atoms with E-state index in [1.807, 2.05) is 61.5 Å². The first-order chi connectivity index (χ1) is 15.9. The summed E-state index contributed by atoms with van der Waals surface area (Å²) in [6, 6.07) is 21.9. The molecule has 0 aliphatic carbocycles. The van der Waals surface area contributed by atoms with E-state index in [4.69, 9.17) is 0 Å². The summed E-state index contributed by atoms with van der Waals surface area (Å²) < 4.78 is 0. The minimum absolute atomic E-state index is 0.0111. The minimum Gasteiger partial charge on any atom is -0.508 e. The highest BCUT2D eigenvalue weighted by Gasteiger charge is 2.12. The maximum Gasteiger partial charge on any atom is 0.319 e. The third-order valence-electron chi connectivity index (χ3n) is 5.34. The average Bonchev–Trinajstić information content (AvgIpc) is 2.82. The number of phenols is 1. The lowest BCUT2D eigenvalue weighted by atomic mass is 10.0. The number of rotatable bonds is 10. The van der Waals surface area contributed by atoms with Gasteiger partial charge in [0, 0.05) is 30.4 Å². The predicted molar refractivity (Wildman–Crippen MR) is 129 cm³/mol. The Morgan fingerprint density at radius 3 is 2.48 bits per heavy atom. The Morgan fingerprint density at radius 1 is 0.970 bits per heavy atom. The van der Waals surface area contributed by atoms with Gasteiger partial charge in [-0.25, -0.2) is 4.79 Å². The first-order valence-corrected chi connectivity index (χ1v) is 11.0. The molecule has 0 heterocycles. The number of hydrogen-bond donors (Lipinski definition) is 6. The molecule has 3 aromatic rings. The van der Waals surface area contributed by atoms with Crippen LogP contribution in [-0.2, 0) is 19.6 Å². The number of carbonyl (C=O) groups is 1. The van der Waals surface area contributed by atoms with Crippen molar-refractivity contribution in [2.24, 2.45) is 0 Å². The molecule has 0 saturated carbocycles. The van der Waals surface area contributed by atoms with Crippen molar-refractivity contribution in [1.29, 1.82) is 0 Å². The molecule has 0 aromatic heterocycles. The number of benzene rings is 3. The molecule has 0 aliphatic rings. The van der Waals surface area contributed by atoms with Gasteiger partial charge in [-0.1, -0.05) is 48.5 Å². The van der Waals surface area contributed by atoms with Gasteiger partial charge in [0.05, 0.1) is 12.7 Å². The number of aliphatic hydroxyl groups excluding tert-OH is 2. The van der Waals surface area contributed by atoms with E-state index in [-0.39, 0.29) is 24.4 Å². The van der Waals surface area contributed by atoms with Crippen LogP contribution in [0.3, 0.4) is 0 Å². The van der Waals surface area contributed by atoms with Crippen LogP contribution in [0.5, 0.6) is 5.75 Å². The van der Waals surface area contributed by atoms with Crippen molar-refractivity contribution in [3.8, 4) is 5.75 Å². The summed E-state index contributed by atoms with van der Waals surface area (Å²) in [5, 5.41) is 38.4. The highest BCUT2D eigenvalue weighted by molar-refractivity contribution is 5.89. The van der Waals surface area contributed by atoms with Crippen LogP contribution >= 0.6 is 0 Å². The number of aromatic hydroxyl groups is 1. The monoisotopic (exact) mass is 449 g/mol. The molecular weight excluding hydrogens is 418 g/mol. The van der Waals surface area contributed by atoms with Crippen molar-refractivity contribution in [3.05, 3.63) is 95.1 Å². The van der Waals surface area contributed by atoms with E-state index >= 15 is 0 Å². The third-order valence-corrected chi connectivity index (χ3v) is 5.34. The second-order valence-corrected chi connectivity index (χ2v) is 8.07. The Hall–Kier alpha value is -3.39. The van der Waals surface area contributed by atoms with Crippen molar-refractivity contribution in [2.45, 2.75) is 38.6 Å². The molecule has 0 bridgehead atoms. The predicted octanol–water partition coefficient (Wildman–Crippen LogP) is 3.46. The first kappa shape index (κ1) is 24.3. The van der Waals surface area contributed by atoms with Crippen LogP contribution in [-0.4, -0.2) is 33.9 Å². The van der Waals surface area contributed by atoms with Crippen molar-refractivity contribution in [1.82, 2.24) is 10.6 Å². The van der Waals surface area contributed by atoms with Gasteiger partial charge in [0.1, 0.15) is 5.75 Å². The second kappa shape index (κ2) is 12.0. The lowest BCUT2D eigenvalue weighted by Gasteiger charge is -2.18. The first-order valence-electron chi connectivity index (χ1n) is 11.0. The van der Waals surface area contributed by atoms with Crippen molar-refractivity contribution < 1.29 is 20.1 Å². The second-order valence-electron chi connectivity index (χ2n) is 8.07. The summed E-state index contributed by atoms with van der Waals surface area (Å²) in [6.45, 7) is 2.52. The zero-order chi connectivity index (χ0) is 23.6. The quantitative estimate of drug-likeness (QED) is 0.284. The largest absolute Gasteiger partial charge is 0.508 e. The minimum atomic E-state index is -0.764. The van der Waals surface area contributed by atoms with Crippen LogP contribution in [0.1, 0.15) is 35.3 Å². The van der Waals surface area contributed by atoms with Gasteiger partial charge < -0.3 is 31.3 Å². The van der Waals surface area contributed by atoms with E-state index in [9.17, 15) is 20.1 Å². The molecule has 2 atom stereocenters. The van der Waals surface area contributed by atoms with Crippen LogP contribution in [0.4, 0.5) is 10.5 Å². The van der Waals surface area contributed by atoms with E-state index in [2.05, 4.69) is 16.0 Å². The van der Waals surface area contributed by atoms with Crippen LogP contribution in [0.15, 0.2) is 72.8 Å². The van der Waals surface area contributed by atoms with Crippen molar-refractivity contribution in [2.75, 3.05) is 11.9 Å². The highest BCUT2D eigenvalue weighted by Crippen LogP contribution is 2.22. The smallest absolute Gasteiger partial charge is 0.319 e. The Labute approximate surface area is 194 Å². The summed E-state index contributed by atoms with van der Waals surface area (Å²) in [7, 11) is 0. The number of hydrogen-bond acceptors (Lipinski definition) is 5. The van der Waals surface area contributed by atoms with Gasteiger partial charge in [0.15, 0.2) is 0 Å². The molecule has 6 N–H and O–H groups in total. The van der Waals surface area contributed by atoms with Gasteiger partial charge in [-0.05, 0) is 54.3 Å². The number of amides is 2. The summed E-state index contributed by atoms with van der Waals surface area (Å²) in [6.07, 6.45) is -0.0506. The molecular formula is C26H31N3O4. The molecule has 0 fully saturated rings. The van der Waals surface area contributed by atoms with E-state index in [0.717, 1.165) is 11.1 Å². The van der Waals surface area contributed by atoms with Crippen molar-refractivity contribution >= 4 is 11.7 Å². The molecule has 174 valence electrons. The van der Waals surface area contributed by atoms with Gasteiger partial charge in [0.2, 0.25) is 0 Å². The van der Waals surface area contributed by atoms with Crippen LogP contribution in [0, 0.1) is 0 Å². The Kier molecular flexibility index (Phi) is 8.83. The zero-order valence-electron chi connectivity index (χ0n) is 18.7. The fraction of sp³-hybridized carbons (Fsp3) is 0.269. The summed E-state index contributed by atoms with van der Waals surface area (Å²) in [5.41, 5.74) is 3.81. The highest BCUT2D eigenvalue weighted by atomic mass is 16.3. The lowest BCUT2D eigenvalue weighted by molar-refractivity contribution is 0.170. The molecule has 0 saturated heterocycles. The summed E-state index contributed by atoms with van der Waals surface area (Å²) >= 11 is 0. The van der Waals surface area contributed by atoms with E-state index in [1.165, 1.54) is 6.07 Å². The molecule has 3 aromatic carbocycles. The molecule has 0 aliphatic heterocycles. The fourth-order valence-corrected chi connectivity index (χ4v) is 3.53. The van der Waals surface area contributed by atoms with E-state index in [0.29, 0.717) is 36.3 Å². The maximum absolute atomic E-state index is 12.2.